The number of nitrogens with one attached hydrogen (secondary N) is 1. The van der Waals surface area contributed by atoms with Crippen molar-refractivity contribution in [2.75, 3.05) is 19.8 Å². The van der Waals surface area contributed by atoms with Crippen LogP contribution in [0.1, 0.15) is 49.8 Å². The summed E-state index contributed by atoms with van der Waals surface area (Å²) in [6, 6.07) is 9.51. The topological polar surface area (TPSA) is 136 Å². The summed E-state index contributed by atoms with van der Waals surface area (Å²) in [6.45, 7) is 7.76. The average Bonchev–Trinajstić information content (AvgIpc) is 3.23. The normalized spacial score (nSPS) is 10.9. The Morgan fingerprint density at radius 3 is 2.38 bits per heavy atom. The van der Waals surface area contributed by atoms with Crippen LogP contribution >= 0.6 is 0 Å². The second-order valence-electron chi connectivity index (χ2n) is 7.71. The highest BCUT2D eigenvalue weighted by atomic mass is 16.6. The number of phenols is 2. The van der Waals surface area contributed by atoms with Gasteiger partial charge in [0, 0.05) is 18.3 Å². The number of carbonyl (C=O) groups excluding carboxylic acids is 2. The van der Waals surface area contributed by atoms with E-state index in [1.807, 2.05) is 13.8 Å². The summed E-state index contributed by atoms with van der Waals surface area (Å²) < 4.78 is 11.8. The molecule has 0 unspecified atom stereocenters. The lowest BCUT2D eigenvalue weighted by Crippen LogP contribution is -2.26. The fourth-order valence-electron chi connectivity index (χ4n) is 3.36. The van der Waals surface area contributed by atoms with Crippen LogP contribution in [0.15, 0.2) is 36.4 Å². The molecular formula is C24H28N4O6. The van der Waals surface area contributed by atoms with Gasteiger partial charge in [-0.05, 0) is 55.7 Å². The minimum Gasteiger partial charge on any atom is -0.508 e. The van der Waals surface area contributed by atoms with Crippen molar-refractivity contribution in [1.82, 2.24) is 20.1 Å². The Morgan fingerprint density at radius 1 is 1.06 bits per heavy atom. The molecule has 34 heavy (non-hydrogen) atoms. The van der Waals surface area contributed by atoms with Gasteiger partial charge in [0.2, 0.25) is 5.82 Å². The molecule has 0 atom stereocenters. The molecule has 1 aromatic heterocycles. The van der Waals surface area contributed by atoms with E-state index in [0.29, 0.717) is 29.1 Å². The third-order valence-corrected chi connectivity index (χ3v) is 4.97. The van der Waals surface area contributed by atoms with E-state index in [0.717, 1.165) is 0 Å². The Hall–Kier alpha value is -4.08. The fraction of sp³-hybridized carbons (Fsp3) is 0.333. The molecule has 10 nitrogen and oxygen atoms in total. The summed E-state index contributed by atoms with van der Waals surface area (Å²) >= 11 is 0. The van der Waals surface area contributed by atoms with Crippen molar-refractivity contribution in [3.05, 3.63) is 47.8 Å². The first-order valence-corrected chi connectivity index (χ1v) is 10.9. The lowest BCUT2D eigenvalue weighted by atomic mass is 9.98. The number of aromatic nitrogens is 3. The van der Waals surface area contributed by atoms with Gasteiger partial charge in [-0.25, -0.2) is 4.79 Å². The predicted molar refractivity (Wildman–Crippen MR) is 124 cm³/mol. The number of carbonyl (C=O) groups is 2. The van der Waals surface area contributed by atoms with E-state index < -0.39 is 11.9 Å². The van der Waals surface area contributed by atoms with Gasteiger partial charge in [-0.3, -0.25) is 9.36 Å². The molecular weight excluding hydrogens is 440 g/mol. The van der Waals surface area contributed by atoms with E-state index in [-0.39, 0.29) is 42.3 Å². The quantitative estimate of drug-likeness (QED) is 0.408. The number of nitrogens with zero attached hydrogens (tertiary/aromatic N) is 3. The number of phenolic OH excluding ortho intramolecular Hbond substituents is 2. The monoisotopic (exact) mass is 468 g/mol. The van der Waals surface area contributed by atoms with Gasteiger partial charge < -0.3 is 25.0 Å². The molecule has 3 N–H and O–H groups in total. The van der Waals surface area contributed by atoms with Crippen LogP contribution in [0.4, 0.5) is 0 Å². The van der Waals surface area contributed by atoms with Crippen LogP contribution in [0.3, 0.4) is 0 Å². The van der Waals surface area contributed by atoms with E-state index >= 15 is 0 Å². The Kier molecular flexibility index (Phi) is 7.72. The molecule has 180 valence electrons. The molecule has 0 aliphatic rings. The van der Waals surface area contributed by atoms with E-state index in [2.05, 4.69) is 15.5 Å². The molecule has 3 aromatic rings. The summed E-state index contributed by atoms with van der Waals surface area (Å²) in [7, 11) is 0. The first-order chi connectivity index (χ1) is 16.3. The van der Waals surface area contributed by atoms with Gasteiger partial charge in [-0.1, -0.05) is 13.8 Å². The summed E-state index contributed by atoms with van der Waals surface area (Å²) in [5.41, 5.74) is 1.46. The SMILES string of the molecule is CCNC(=O)c1nnc(-c2cc(C(C)C)c(O)cc2O)n1-c1ccc(OCC(=O)OCC)cc1. The number of hydrogen-bond acceptors (Lipinski definition) is 8. The zero-order chi connectivity index (χ0) is 24.8. The zero-order valence-corrected chi connectivity index (χ0v) is 19.5. The Bertz CT molecular complexity index is 1170. The number of aromatic hydroxyl groups is 2. The van der Waals surface area contributed by atoms with Gasteiger partial charge in [0.25, 0.3) is 5.91 Å². The van der Waals surface area contributed by atoms with Crippen LogP contribution in [-0.4, -0.2) is 56.6 Å². The molecule has 0 aliphatic heterocycles. The number of esters is 1. The largest absolute Gasteiger partial charge is 0.508 e. The van der Waals surface area contributed by atoms with Crippen molar-refractivity contribution in [3.63, 3.8) is 0 Å². The van der Waals surface area contributed by atoms with Crippen LogP contribution in [0.5, 0.6) is 17.2 Å². The van der Waals surface area contributed by atoms with Crippen molar-refractivity contribution in [2.24, 2.45) is 0 Å². The third kappa shape index (κ3) is 5.28. The maximum atomic E-state index is 12.7. The first-order valence-electron chi connectivity index (χ1n) is 10.9. The lowest BCUT2D eigenvalue weighted by Gasteiger charge is -2.15. The number of benzene rings is 2. The maximum absolute atomic E-state index is 12.7. The summed E-state index contributed by atoms with van der Waals surface area (Å²) in [5, 5.41) is 31.7. The molecule has 1 amide bonds. The van der Waals surface area contributed by atoms with E-state index in [1.54, 1.807) is 44.2 Å². The molecule has 2 aromatic carbocycles. The van der Waals surface area contributed by atoms with Crippen LogP contribution < -0.4 is 10.1 Å². The number of amides is 1. The van der Waals surface area contributed by atoms with Gasteiger partial charge in [0.15, 0.2) is 12.4 Å². The molecule has 10 heteroatoms. The maximum Gasteiger partial charge on any atom is 0.344 e. The van der Waals surface area contributed by atoms with Crippen LogP contribution in [0.2, 0.25) is 0 Å². The van der Waals surface area contributed by atoms with E-state index in [4.69, 9.17) is 9.47 Å². The predicted octanol–water partition coefficient (Wildman–Crippen LogP) is 3.16. The summed E-state index contributed by atoms with van der Waals surface area (Å²) in [5.74, 6) is -0.491. The highest BCUT2D eigenvalue weighted by Crippen LogP contribution is 2.38. The van der Waals surface area contributed by atoms with E-state index in [1.165, 1.54) is 10.6 Å². The van der Waals surface area contributed by atoms with Crippen LogP contribution in [0.25, 0.3) is 17.1 Å². The zero-order valence-electron chi connectivity index (χ0n) is 19.5. The Morgan fingerprint density at radius 2 is 1.76 bits per heavy atom. The van der Waals surface area contributed by atoms with Gasteiger partial charge in [0.1, 0.15) is 17.2 Å². The van der Waals surface area contributed by atoms with Gasteiger partial charge in [-0.15, -0.1) is 10.2 Å². The second-order valence-corrected chi connectivity index (χ2v) is 7.71. The highest BCUT2D eigenvalue weighted by molar-refractivity contribution is 5.92. The standard InChI is InChI=1S/C24H28N4O6/c1-5-25-24(32)23-27-26-22(18-11-17(14(3)4)19(29)12-20(18)30)28(23)15-7-9-16(10-8-15)34-13-21(31)33-6-2/h7-12,14,29-30H,5-6,13H2,1-4H3,(H,25,32). The molecule has 0 saturated heterocycles. The van der Waals surface area contributed by atoms with Gasteiger partial charge in [-0.2, -0.15) is 0 Å². The average molecular weight is 469 g/mol. The highest BCUT2D eigenvalue weighted by Gasteiger charge is 2.24. The number of ether oxygens (including phenoxy) is 2. The summed E-state index contributed by atoms with van der Waals surface area (Å²) in [4.78, 5) is 24.2. The van der Waals surface area contributed by atoms with Crippen LogP contribution in [0, 0.1) is 0 Å². The minimum absolute atomic E-state index is 0.0191. The molecule has 0 spiro atoms. The lowest BCUT2D eigenvalue weighted by molar-refractivity contribution is -0.145. The first kappa shape index (κ1) is 24.6. The van der Waals surface area contributed by atoms with Crippen molar-refractivity contribution in [2.45, 2.75) is 33.6 Å². The van der Waals surface area contributed by atoms with Crippen molar-refractivity contribution in [3.8, 4) is 34.3 Å². The van der Waals surface area contributed by atoms with Gasteiger partial charge >= 0.3 is 5.97 Å². The molecule has 0 saturated carbocycles. The fourth-order valence-corrected chi connectivity index (χ4v) is 3.36. The third-order valence-electron chi connectivity index (χ3n) is 4.97. The smallest absolute Gasteiger partial charge is 0.344 e. The summed E-state index contributed by atoms with van der Waals surface area (Å²) in [6.07, 6.45) is 0. The van der Waals surface area contributed by atoms with E-state index in [9.17, 15) is 19.8 Å². The van der Waals surface area contributed by atoms with Crippen molar-refractivity contribution >= 4 is 11.9 Å². The Balaban J connectivity index is 2.06. The molecule has 3 rings (SSSR count). The second kappa shape index (κ2) is 10.7. The van der Waals surface area contributed by atoms with Crippen molar-refractivity contribution < 1.29 is 29.3 Å². The minimum atomic E-state index is -0.477. The van der Waals surface area contributed by atoms with Crippen molar-refractivity contribution in [1.29, 1.82) is 0 Å². The molecule has 0 bridgehead atoms. The molecule has 0 aliphatic carbocycles. The molecule has 0 fully saturated rings. The number of rotatable bonds is 9. The van der Waals surface area contributed by atoms with Gasteiger partial charge in [0.05, 0.1) is 12.2 Å². The number of hydrogen-bond donors (Lipinski definition) is 3. The molecule has 1 heterocycles. The Labute approximate surface area is 197 Å². The molecule has 0 radical (unpaired) electrons. The van der Waals surface area contributed by atoms with Crippen LogP contribution in [-0.2, 0) is 9.53 Å².